The summed E-state index contributed by atoms with van der Waals surface area (Å²) in [4.78, 5) is 47.0. The monoisotopic (exact) mass is 448 g/mol. The maximum absolute atomic E-state index is 12.8. The van der Waals surface area contributed by atoms with E-state index in [2.05, 4.69) is 14.5 Å². The number of rotatable bonds is 5. The fraction of sp³-hybridized carbons (Fsp3) is 0.111. The fourth-order valence-corrected chi connectivity index (χ4v) is 4.67. The average Bonchev–Trinajstić information content (AvgIpc) is 3.35. The number of aromatic amines is 1. The molecule has 0 spiro atoms. The van der Waals surface area contributed by atoms with E-state index in [0.717, 1.165) is 22.0 Å². The van der Waals surface area contributed by atoms with Gasteiger partial charge >= 0.3 is 0 Å². The molecule has 0 radical (unpaired) electrons. The van der Waals surface area contributed by atoms with Gasteiger partial charge in [0.25, 0.3) is 17.4 Å². The van der Waals surface area contributed by atoms with Crippen LogP contribution in [0.15, 0.2) is 83.8 Å². The Hall–Kier alpha value is -4.52. The molecule has 166 valence electrons. The third-order valence-electron chi connectivity index (χ3n) is 6.30. The van der Waals surface area contributed by atoms with Gasteiger partial charge in [0.2, 0.25) is 0 Å². The number of benzene rings is 3. The number of nitrogens with zero attached hydrogens (tertiary/aromatic N) is 3. The van der Waals surface area contributed by atoms with Crippen LogP contribution in [-0.4, -0.2) is 37.8 Å². The van der Waals surface area contributed by atoms with Crippen molar-refractivity contribution in [3.05, 3.63) is 100 Å². The van der Waals surface area contributed by atoms with Crippen LogP contribution >= 0.6 is 0 Å². The molecular formula is C27H20N4O3. The van der Waals surface area contributed by atoms with Crippen LogP contribution < -0.4 is 5.56 Å². The number of aromatic nitrogens is 3. The summed E-state index contributed by atoms with van der Waals surface area (Å²) in [7, 11) is 0. The number of carbonyl (C=O) groups excluding carboxylic acids is 2. The molecular weight excluding hydrogens is 428 g/mol. The molecule has 0 aliphatic carbocycles. The molecule has 0 saturated heterocycles. The molecule has 2 aromatic heterocycles. The van der Waals surface area contributed by atoms with Crippen molar-refractivity contribution in [3.63, 3.8) is 0 Å². The molecule has 1 aliphatic rings. The van der Waals surface area contributed by atoms with Crippen molar-refractivity contribution in [1.29, 1.82) is 0 Å². The number of H-pyrrole nitrogens is 1. The van der Waals surface area contributed by atoms with E-state index in [1.807, 2.05) is 54.7 Å². The first-order chi connectivity index (χ1) is 16.6. The first-order valence-corrected chi connectivity index (χ1v) is 11.1. The van der Waals surface area contributed by atoms with E-state index in [0.29, 0.717) is 41.8 Å². The second-order valence-corrected chi connectivity index (χ2v) is 8.35. The van der Waals surface area contributed by atoms with Crippen molar-refractivity contribution in [3.8, 4) is 11.3 Å². The molecule has 7 heteroatoms. The number of nitrogens with one attached hydrogen (secondary N) is 1. The summed E-state index contributed by atoms with van der Waals surface area (Å²) in [6.45, 7) is 0.905. The fourth-order valence-electron chi connectivity index (χ4n) is 4.67. The van der Waals surface area contributed by atoms with Gasteiger partial charge in [-0.15, -0.1) is 0 Å². The van der Waals surface area contributed by atoms with E-state index < -0.39 is 0 Å². The number of fused-ring (bicyclic) bond motifs is 3. The Bertz CT molecular complexity index is 1630. The third kappa shape index (κ3) is 3.13. The van der Waals surface area contributed by atoms with Gasteiger partial charge < -0.3 is 9.55 Å². The highest BCUT2D eigenvalue weighted by atomic mass is 16.2. The van der Waals surface area contributed by atoms with Crippen molar-refractivity contribution in [1.82, 2.24) is 19.4 Å². The van der Waals surface area contributed by atoms with E-state index in [1.54, 1.807) is 24.3 Å². The number of aryl methyl sites for hydroxylation is 1. The van der Waals surface area contributed by atoms with Crippen molar-refractivity contribution < 1.29 is 9.59 Å². The Morgan fingerprint density at radius 1 is 0.735 bits per heavy atom. The maximum atomic E-state index is 12.8. The molecule has 1 N–H and O–H groups in total. The standard InChI is InChI=1S/C27H20N4O3/c32-25-24(28-21-11-4-5-12-22(21)29-25)20-16-30(23-13-6-3-8-17(20)23)14-7-15-31-26(33)18-9-1-2-10-19(18)27(31)34/h1-6,8-13,16H,7,14-15H2,(H,29,32). The number of carbonyl (C=O) groups is 2. The van der Waals surface area contributed by atoms with Crippen LogP contribution in [0.25, 0.3) is 33.2 Å². The smallest absolute Gasteiger partial charge is 0.275 e. The highest BCUT2D eigenvalue weighted by molar-refractivity contribution is 6.21. The second kappa shape index (κ2) is 7.81. The Morgan fingerprint density at radius 2 is 1.41 bits per heavy atom. The highest BCUT2D eigenvalue weighted by Gasteiger charge is 2.34. The van der Waals surface area contributed by atoms with Gasteiger partial charge in [-0.1, -0.05) is 42.5 Å². The zero-order valence-electron chi connectivity index (χ0n) is 18.2. The molecule has 0 fully saturated rings. The first kappa shape index (κ1) is 20.1. The maximum Gasteiger partial charge on any atom is 0.275 e. The van der Waals surface area contributed by atoms with Crippen LogP contribution in [-0.2, 0) is 6.54 Å². The predicted molar refractivity (Wildman–Crippen MR) is 130 cm³/mol. The molecule has 3 aromatic carbocycles. The van der Waals surface area contributed by atoms with Crippen LogP contribution in [0.5, 0.6) is 0 Å². The average molecular weight is 448 g/mol. The van der Waals surface area contributed by atoms with Crippen LogP contribution in [0, 0.1) is 0 Å². The minimum Gasteiger partial charge on any atom is -0.347 e. The SMILES string of the molecule is O=C1c2ccccc2C(=O)N1CCCn1cc(-c2nc3ccccc3[nH]c2=O)c2ccccc21. The van der Waals surface area contributed by atoms with E-state index in [-0.39, 0.29) is 17.4 Å². The highest BCUT2D eigenvalue weighted by Crippen LogP contribution is 2.29. The van der Waals surface area contributed by atoms with Gasteiger partial charge in [-0.25, -0.2) is 4.98 Å². The Labute approximate surface area is 194 Å². The van der Waals surface area contributed by atoms with Gasteiger partial charge in [0, 0.05) is 35.8 Å². The minimum atomic E-state index is -0.245. The summed E-state index contributed by atoms with van der Waals surface area (Å²) in [5, 5.41) is 0.927. The van der Waals surface area contributed by atoms with Gasteiger partial charge in [0.15, 0.2) is 0 Å². The topological polar surface area (TPSA) is 88.1 Å². The molecule has 1 aliphatic heterocycles. The van der Waals surface area contributed by atoms with E-state index in [1.165, 1.54) is 4.90 Å². The van der Waals surface area contributed by atoms with Crippen molar-refractivity contribution in [2.24, 2.45) is 0 Å². The Balaban J connectivity index is 1.30. The lowest BCUT2D eigenvalue weighted by Gasteiger charge is -2.14. The first-order valence-electron chi connectivity index (χ1n) is 11.1. The number of imide groups is 1. The summed E-state index contributed by atoms with van der Waals surface area (Å²) in [6, 6.07) is 22.2. The molecule has 7 nitrogen and oxygen atoms in total. The van der Waals surface area contributed by atoms with Crippen molar-refractivity contribution in [2.45, 2.75) is 13.0 Å². The second-order valence-electron chi connectivity index (χ2n) is 8.35. The largest absolute Gasteiger partial charge is 0.347 e. The molecule has 2 amide bonds. The van der Waals surface area contributed by atoms with Crippen LogP contribution in [0.1, 0.15) is 27.1 Å². The van der Waals surface area contributed by atoms with Gasteiger partial charge in [-0.3, -0.25) is 19.3 Å². The lowest BCUT2D eigenvalue weighted by molar-refractivity contribution is 0.0651. The molecule has 0 saturated carbocycles. The molecule has 5 aromatic rings. The summed E-state index contributed by atoms with van der Waals surface area (Å²) in [5.74, 6) is -0.490. The van der Waals surface area contributed by atoms with Crippen molar-refractivity contribution >= 4 is 33.8 Å². The van der Waals surface area contributed by atoms with Gasteiger partial charge in [0.1, 0.15) is 5.69 Å². The Kier molecular flexibility index (Phi) is 4.62. The zero-order chi connectivity index (χ0) is 23.2. The van der Waals surface area contributed by atoms with Crippen LogP contribution in [0.2, 0.25) is 0 Å². The Morgan fingerprint density at radius 3 is 2.21 bits per heavy atom. The molecule has 6 rings (SSSR count). The zero-order valence-corrected chi connectivity index (χ0v) is 18.2. The van der Waals surface area contributed by atoms with E-state index in [4.69, 9.17) is 0 Å². The summed E-state index contributed by atoms with van der Waals surface area (Å²) < 4.78 is 2.05. The summed E-state index contributed by atoms with van der Waals surface area (Å²) >= 11 is 0. The molecule has 34 heavy (non-hydrogen) atoms. The van der Waals surface area contributed by atoms with Crippen LogP contribution in [0.3, 0.4) is 0 Å². The number of hydrogen-bond donors (Lipinski definition) is 1. The molecule has 3 heterocycles. The van der Waals surface area contributed by atoms with Crippen LogP contribution in [0.4, 0.5) is 0 Å². The van der Waals surface area contributed by atoms with E-state index >= 15 is 0 Å². The van der Waals surface area contributed by atoms with E-state index in [9.17, 15) is 14.4 Å². The van der Waals surface area contributed by atoms with Gasteiger partial charge in [-0.2, -0.15) is 0 Å². The minimum absolute atomic E-state index is 0.243. The normalized spacial score (nSPS) is 13.2. The van der Waals surface area contributed by atoms with Gasteiger partial charge in [-0.05, 0) is 36.8 Å². The van der Waals surface area contributed by atoms with Gasteiger partial charge in [0.05, 0.1) is 22.2 Å². The van der Waals surface area contributed by atoms with Crippen molar-refractivity contribution in [2.75, 3.05) is 6.54 Å². The predicted octanol–water partition coefficient (Wildman–Crippen LogP) is 4.23. The molecule has 0 bridgehead atoms. The lowest BCUT2D eigenvalue weighted by atomic mass is 10.1. The third-order valence-corrected chi connectivity index (χ3v) is 6.30. The number of para-hydroxylation sites is 3. The summed E-state index contributed by atoms with van der Waals surface area (Å²) in [5.41, 5.74) is 4.19. The summed E-state index contributed by atoms with van der Waals surface area (Å²) in [6.07, 6.45) is 2.52. The lowest BCUT2D eigenvalue weighted by Crippen LogP contribution is -2.31. The number of hydrogen-bond acceptors (Lipinski definition) is 4. The quantitative estimate of drug-likeness (QED) is 0.408. The number of amides is 2. The molecule has 0 unspecified atom stereocenters. The molecule has 0 atom stereocenters.